The second kappa shape index (κ2) is 6.51. The lowest BCUT2D eigenvalue weighted by Crippen LogP contribution is -2.24. The van der Waals surface area contributed by atoms with Gasteiger partial charge in [0.05, 0.1) is 7.11 Å². The van der Waals surface area contributed by atoms with Crippen molar-refractivity contribution < 1.29 is 13.9 Å². The molecule has 0 atom stereocenters. The SMILES string of the molecule is COc1ccc(C(=O)NCc2c(C3CC3)ccc(N)c2C)cc1F. The van der Waals surface area contributed by atoms with Gasteiger partial charge >= 0.3 is 0 Å². The van der Waals surface area contributed by atoms with Crippen LogP contribution in [0.2, 0.25) is 0 Å². The predicted octanol–water partition coefficient (Wildman–Crippen LogP) is 3.53. The lowest BCUT2D eigenvalue weighted by atomic mass is 9.97. The van der Waals surface area contributed by atoms with Gasteiger partial charge in [0.15, 0.2) is 11.6 Å². The van der Waals surface area contributed by atoms with Gasteiger partial charge in [0.25, 0.3) is 5.91 Å². The number of amides is 1. The molecule has 0 heterocycles. The zero-order chi connectivity index (χ0) is 17.3. The Morgan fingerprint density at radius 3 is 2.71 bits per heavy atom. The van der Waals surface area contributed by atoms with Crippen LogP contribution in [0.5, 0.6) is 5.75 Å². The molecule has 4 nitrogen and oxygen atoms in total. The largest absolute Gasteiger partial charge is 0.494 e. The van der Waals surface area contributed by atoms with E-state index < -0.39 is 5.82 Å². The minimum atomic E-state index is -0.552. The van der Waals surface area contributed by atoms with E-state index in [1.165, 1.54) is 37.6 Å². The molecule has 3 rings (SSSR count). The molecule has 1 fully saturated rings. The molecular weight excluding hydrogens is 307 g/mol. The predicted molar refractivity (Wildman–Crippen MR) is 91.7 cm³/mol. The monoisotopic (exact) mass is 328 g/mol. The van der Waals surface area contributed by atoms with Crippen molar-refractivity contribution in [2.75, 3.05) is 12.8 Å². The zero-order valence-corrected chi connectivity index (χ0v) is 13.9. The van der Waals surface area contributed by atoms with Crippen LogP contribution in [0.15, 0.2) is 30.3 Å². The van der Waals surface area contributed by atoms with E-state index in [1.54, 1.807) is 6.07 Å². The van der Waals surface area contributed by atoms with Crippen LogP contribution in [0.3, 0.4) is 0 Å². The third-order valence-corrected chi connectivity index (χ3v) is 4.53. The summed E-state index contributed by atoms with van der Waals surface area (Å²) in [5.74, 6) is -0.187. The summed E-state index contributed by atoms with van der Waals surface area (Å²) in [7, 11) is 1.39. The van der Waals surface area contributed by atoms with Crippen LogP contribution in [0.25, 0.3) is 0 Å². The van der Waals surface area contributed by atoms with Crippen LogP contribution in [0, 0.1) is 12.7 Å². The number of nitrogens with two attached hydrogens (primary N) is 1. The summed E-state index contributed by atoms with van der Waals surface area (Å²) in [6, 6.07) is 8.15. The first kappa shape index (κ1) is 16.3. The molecule has 1 amide bonds. The molecule has 0 unspecified atom stereocenters. The number of ether oxygens (including phenoxy) is 1. The Morgan fingerprint density at radius 2 is 2.08 bits per heavy atom. The summed E-state index contributed by atoms with van der Waals surface area (Å²) in [6.45, 7) is 2.35. The first-order valence-corrected chi connectivity index (χ1v) is 8.01. The summed E-state index contributed by atoms with van der Waals surface area (Å²) >= 11 is 0. The maximum Gasteiger partial charge on any atom is 0.251 e. The average Bonchev–Trinajstić information content (AvgIpc) is 3.40. The number of nitrogens with one attached hydrogen (secondary N) is 1. The molecule has 0 radical (unpaired) electrons. The van der Waals surface area contributed by atoms with Crippen LogP contribution in [0.4, 0.5) is 10.1 Å². The number of carbonyl (C=O) groups excluding carboxylic acids is 1. The maximum atomic E-state index is 13.7. The normalized spacial score (nSPS) is 13.6. The fourth-order valence-corrected chi connectivity index (χ4v) is 2.89. The number of benzene rings is 2. The molecule has 126 valence electrons. The summed E-state index contributed by atoms with van der Waals surface area (Å²) in [6.07, 6.45) is 2.35. The highest BCUT2D eigenvalue weighted by molar-refractivity contribution is 5.94. The van der Waals surface area contributed by atoms with Crippen molar-refractivity contribution in [1.82, 2.24) is 5.32 Å². The Balaban J connectivity index is 1.77. The molecule has 1 aliphatic rings. The molecule has 2 aromatic carbocycles. The van der Waals surface area contributed by atoms with Crippen molar-refractivity contribution in [2.45, 2.75) is 32.2 Å². The van der Waals surface area contributed by atoms with Crippen molar-refractivity contribution in [1.29, 1.82) is 0 Å². The molecule has 0 spiro atoms. The van der Waals surface area contributed by atoms with Gasteiger partial charge in [0, 0.05) is 17.8 Å². The molecule has 2 aromatic rings. The topological polar surface area (TPSA) is 64.3 Å². The molecule has 0 aliphatic heterocycles. The van der Waals surface area contributed by atoms with Gasteiger partial charge < -0.3 is 15.8 Å². The first-order valence-electron chi connectivity index (χ1n) is 8.01. The van der Waals surface area contributed by atoms with E-state index in [0.29, 0.717) is 12.5 Å². The Kier molecular flexibility index (Phi) is 4.42. The molecule has 0 bridgehead atoms. The number of hydrogen-bond acceptors (Lipinski definition) is 3. The number of nitrogen functional groups attached to an aromatic ring is 1. The van der Waals surface area contributed by atoms with Gasteiger partial charge in [-0.3, -0.25) is 4.79 Å². The van der Waals surface area contributed by atoms with Gasteiger partial charge in [0.2, 0.25) is 0 Å². The highest BCUT2D eigenvalue weighted by Crippen LogP contribution is 2.43. The van der Waals surface area contributed by atoms with Gasteiger partial charge in [-0.1, -0.05) is 6.07 Å². The van der Waals surface area contributed by atoms with E-state index >= 15 is 0 Å². The van der Waals surface area contributed by atoms with Crippen molar-refractivity contribution in [3.05, 3.63) is 58.4 Å². The smallest absolute Gasteiger partial charge is 0.251 e. The Morgan fingerprint density at radius 1 is 1.33 bits per heavy atom. The standard InChI is InChI=1S/C19H21FN2O2/c1-11-15(14(12-3-4-12)6-7-17(11)21)10-22-19(23)13-5-8-18(24-2)16(20)9-13/h5-9,12H,3-4,10,21H2,1-2H3,(H,22,23). The second-order valence-electron chi connectivity index (χ2n) is 6.15. The average molecular weight is 328 g/mol. The van der Waals surface area contributed by atoms with Crippen molar-refractivity contribution >= 4 is 11.6 Å². The van der Waals surface area contributed by atoms with E-state index in [0.717, 1.165) is 16.8 Å². The zero-order valence-electron chi connectivity index (χ0n) is 13.9. The molecular formula is C19H21FN2O2. The molecule has 0 aromatic heterocycles. The van der Waals surface area contributed by atoms with E-state index in [1.807, 2.05) is 13.0 Å². The van der Waals surface area contributed by atoms with Crippen LogP contribution >= 0.6 is 0 Å². The van der Waals surface area contributed by atoms with Gasteiger partial charge in [-0.25, -0.2) is 4.39 Å². The highest BCUT2D eigenvalue weighted by Gasteiger charge is 2.27. The Labute approximate surface area is 140 Å². The number of halogens is 1. The van der Waals surface area contributed by atoms with Crippen molar-refractivity contribution in [2.24, 2.45) is 0 Å². The van der Waals surface area contributed by atoms with E-state index in [-0.39, 0.29) is 17.2 Å². The van der Waals surface area contributed by atoms with Gasteiger partial charge in [0.1, 0.15) is 0 Å². The number of hydrogen-bond donors (Lipinski definition) is 2. The Hall–Kier alpha value is -2.56. The molecule has 1 saturated carbocycles. The second-order valence-corrected chi connectivity index (χ2v) is 6.15. The number of methoxy groups -OCH3 is 1. The Bertz CT molecular complexity index is 785. The third-order valence-electron chi connectivity index (χ3n) is 4.53. The quantitative estimate of drug-likeness (QED) is 0.825. The summed E-state index contributed by atoms with van der Waals surface area (Å²) in [5.41, 5.74) is 10.3. The van der Waals surface area contributed by atoms with Crippen molar-refractivity contribution in [3.8, 4) is 5.75 Å². The van der Waals surface area contributed by atoms with Gasteiger partial charge in [-0.15, -0.1) is 0 Å². The van der Waals surface area contributed by atoms with E-state index in [9.17, 15) is 9.18 Å². The van der Waals surface area contributed by atoms with Crippen LogP contribution < -0.4 is 15.8 Å². The molecule has 0 saturated heterocycles. The van der Waals surface area contributed by atoms with E-state index in [4.69, 9.17) is 10.5 Å². The van der Waals surface area contributed by atoms with Crippen LogP contribution in [-0.4, -0.2) is 13.0 Å². The molecule has 5 heteroatoms. The minimum absolute atomic E-state index is 0.120. The van der Waals surface area contributed by atoms with Crippen LogP contribution in [0.1, 0.15) is 45.8 Å². The minimum Gasteiger partial charge on any atom is -0.494 e. The summed E-state index contributed by atoms with van der Waals surface area (Å²) < 4.78 is 18.6. The molecule has 3 N–H and O–H groups in total. The van der Waals surface area contributed by atoms with Crippen LogP contribution in [-0.2, 0) is 6.54 Å². The van der Waals surface area contributed by atoms with E-state index in [2.05, 4.69) is 11.4 Å². The maximum absolute atomic E-state index is 13.7. The number of carbonyl (C=O) groups is 1. The lowest BCUT2D eigenvalue weighted by Gasteiger charge is -2.15. The van der Waals surface area contributed by atoms with Gasteiger partial charge in [-0.05, 0) is 66.6 Å². The number of rotatable bonds is 5. The van der Waals surface area contributed by atoms with Gasteiger partial charge in [-0.2, -0.15) is 0 Å². The fraction of sp³-hybridized carbons (Fsp3) is 0.316. The molecule has 24 heavy (non-hydrogen) atoms. The number of anilines is 1. The highest BCUT2D eigenvalue weighted by atomic mass is 19.1. The summed E-state index contributed by atoms with van der Waals surface area (Å²) in [5, 5.41) is 2.87. The molecule has 1 aliphatic carbocycles. The summed E-state index contributed by atoms with van der Waals surface area (Å²) in [4.78, 5) is 12.3. The lowest BCUT2D eigenvalue weighted by molar-refractivity contribution is 0.0950. The third kappa shape index (κ3) is 3.20. The fourth-order valence-electron chi connectivity index (χ4n) is 2.89. The first-order chi connectivity index (χ1) is 11.5. The van der Waals surface area contributed by atoms with Crippen molar-refractivity contribution in [3.63, 3.8) is 0 Å².